The summed E-state index contributed by atoms with van der Waals surface area (Å²) in [7, 11) is -8.68. The Morgan fingerprint density at radius 3 is 1.24 bits per heavy atom. The number of methoxy groups -OCH3 is 2. The molecule has 2 aliphatic rings. The third kappa shape index (κ3) is 10.1. The van der Waals surface area contributed by atoms with Gasteiger partial charge in [-0.2, -0.15) is 35.5 Å². The molecule has 354 valence electrons. The largest absolute Gasteiger partial charge is 0.741 e. The van der Waals surface area contributed by atoms with Crippen LogP contribution in [0.5, 0.6) is 11.5 Å². The van der Waals surface area contributed by atoms with Crippen LogP contribution in [0.2, 0.25) is 0 Å². The molecule has 0 saturated heterocycles. The van der Waals surface area contributed by atoms with Crippen molar-refractivity contribution in [1.82, 2.24) is 0 Å². The van der Waals surface area contributed by atoms with Crippen molar-refractivity contribution in [1.29, 1.82) is 0 Å². The molecule has 0 atom stereocenters. The Kier molecular flexibility index (Phi) is 13.9. The van der Waals surface area contributed by atoms with E-state index in [9.17, 15) is 26.3 Å². The highest BCUT2D eigenvalue weighted by molar-refractivity contribution is 7.86. The van der Waals surface area contributed by atoms with Gasteiger partial charge < -0.3 is 18.6 Å². The van der Waals surface area contributed by atoms with E-state index in [2.05, 4.69) is 157 Å². The van der Waals surface area contributed by atoms with Gasteiger partial charge in [-0.1, -0.05) is 85.0 Å². The van der Waals surface area contributed by atoms with Crippen LogP contribution in [0, 0.1) is 13.8 Å². The number of alkyl halides is 6. The summed E-state index contributed by atoms with van der Waals surface area (Å²) in [5, 5.41) is 4.79. The Morgan fingerprint density at radius 1 is 0.544 bits per heavy atom. The van der Waals surface area contributed by atoms with E-state index in [0.29, 0.717) is 0 Å². The summed E-state index contributed by atoms with van der Waals surface area (Å²) in [5.41, 5.74) is 4.40. The third-order valence-electron chi connectivity index (χ3n) is 11.9. The van der Waals surface area contributed by atoms with Gasteiger partial charge in [-0.05, 0) is 80.9 Å². The summed E-state index contributed by atoms with van der Waals surface area (Å²) < 4.78 is 134. The predicted octanol–water partition coefficient (Wildman–Crippen LogP) is 10.1. The van der Waals surface area contributed by atoms with Crippen molar-refractivity contribution < 1.29 is 70.9 Å². The Labute approximate surface area is 388 Å². The second-order valence-corrected chi connectivity index (χ2v) is 18.5. The topological polar surface area (TPSA) is 141 Å². The fraction of sp³-hybridized carbons (Fsp3) is 0.200. The molecule has 2 aromatic heterocycles. The number of aryl methyl sites for hydroxylation is 2. The summed E-state index contributed by atoms with van der Waals surface area (Å²) in [5.74, 6) is 1.76. The summed E-state index contributed by atoms with van der Waals surface area (Å²) in [6, 6.07) is 34.7. The molecule has 2 aliphatic heterocycles. The normalized spacial score (nSPS) is 13.5. The Morgan fingerprint density at radius 2 is 0.897 bits per heavy atom. The smallest absolute Gasteiger partial charge is 0.485 e. The number of halogens is 6. The van der Waals surface area contributed by atoms with E-state index >= 15 is 0 Å². The summed E-state index contributed by atoms with van der Waals surface area (Å²) in [6.07, 6.45) is 15.5. The monoisotopic (exact) mass is 976 g/mol. The Bertz CT molecular complexity index is 3160. The van der Waals surface area contributed by atoms with Gasteiger partial charge in [-0.15, -0.1) is 0 Å². The zero-order valence-electron chi connectivity index (χ0n) is 36.8. The maximum Gasteiger partial charge on any atom is 0.485 e. The number of pyridine rings is 2. The first-order valence-electron chi connectivity index (χ1n) is 20.8. The van der Waals surface area contributed by atoms with Crippen LogP contribution in [0.25, 0.3) is 68.4 Å². The molecule has 10 nitrogen and oxygen atoms in total. The van der Waals surface area contributed by atoms with Crippen molar-refractivity contribution in [3.8, 4) is 34.0 Å². The lowest BCUT2D eigenvalue weighted by atomic mass is 9.79. The van der Waals surface area contributed by atoms with E-state index in [1.54, 1.807) is 14.2 Å². The highest BCUT2D eigenvalue weighted by Crippen LogP contribution is 2.43. The highest BCUT2D eigenvalue weighted by Gasteiger charge is 2.38. The van der Waals surface area contributed by atoms with Crippen LogP contribution in [0.15, 0.2) is 109 Å². The molecule has 68 heavy (non-hydrogen) atoms. The molecule has 0 aliphatic carbocycles. The lowest BCUT2D eigenvalue weighted by Crippen LogP contribution is -2.43. The number of ether oxygens (including phenoxy) is 2. The first kappa shape index (κ1) is 49.3. The van der Waals surface area contributed by atoms with Crippen molar-refractivity contribution in [2.45, 2.75) is 50.8 Å². The van der Waals surface area contributed by atoms with Gasteiger partial charge in [0.1, 0.15) is 11.5 Å². The van der Waals surface area contributed by atoms with E-state index in [-0.39, 0.29) is 0 Å². The van der Waals surface area contributed by atoms with Crippen LogP contribution in [0.4, 0.5) is 26.3 Å². The van der Waals surface area contributed by atoms with E-state index < -0.39 is 31.3 Å². The lowest BCUT2D eigenvalue weighted by Gasteiger charge is -2.27. The number of hydrogen-bond donors (Lipinski definition) is 0. The van der Waals surface area contributed by atoms with Crippen molar-refractivity contribution in [2.24, 2.45) is 0 Å². The summed E-state index contributed by atoms with van der Waals surface area (Å²) in [6.45, 7) is 6.61. The van der Waals surface area contributed by atoms with Gasteiger partial charge in [0.2, 0.25) is 11.4 Å². The molecule has 5 aromatic carbocycles. The van der Waals surface area contributed by atoms with Gasteiger partial charge in [0.25, 0.3) is 0 Å². The fourth-order valence-corrected chi connectivity index (χ4v) is 8.51. The van der Waals surface area contributed by atoms with Gasteiger partial charge in [0, 0.05) is 48.2 Å². The average Bonchev–Trinajstić information content (AvgIpc) is 3.30. The lowest BCUT2D eigenvalue weighted by molar-refractivity contribution is -0.689. The molecule has 9 rings (SSSR count). The maximum atomic E-state index is 10.7. The van der Waals surface area contributed by atoms with Gasteiger partial charge >= 0.3 is 11.0 Å². The van der Waals surface area contributed by atoms with Gasteiger partial charge in [0.15, 0.2) is 45.7 Å². The second-order valence-electron chi connectivity index (χ2n) is 15.8. The SMILES string of the molecule is COc1ccc2ccccc2c1/C=C/c1cc[n+]2c(c1)-c1c(c(C)c(C)c3c1-c1cc(/C=C/c4c(OC)ccc5ccccc45)cc[n+]1CC3)CC2.O=S(=O)([O-])C(F)(F)F.O=S(=O)([O-])C(F)(F)F. The number of rotatable bonds is 6. The third-order valence-corrected chi connectivity index (χ3v) is 13.0. The molecule has 18 heteroatoms. The van der Waals surface area contributed by atoms with Gasteiger partial charge in [0.05, 0.1) is 25.3 Å². The molecule has 0 saturated carbocycles. The van der Waals surface area contributed by atoms with E-state index in [1.807, 2.05) is 0 Å². The van der Waals surface area contributed by atoms with Gasteiger partial charge in [-0.25, -0.2) is 16.8 Å². The first-order chi connectivity index (χ1) is 32.0. The minimum absolute atomic E-state index is 0.880. The average molecular weight is 977 g/mol. The minimum atomic E-state index is -6.09. The second kappa shape index (κ2) is 19.2. The molecule has 0 radical (unpaired) electrons. The minimum Gasteiger partial charge on any atom is -0.741 e. The number of aromatic nitrogens is 2. The van der Waals surface area contributed by atoms with E-state index in [1.165, 1.54) is 77.4 Å². The summed E-state index contributed by atoms with van der Waals surface area (Å²) in [4.78, 5) is 0. The molecule has 4 heterocycles. The number of hydrogen-bond acceptors (Lipinski definition) is 8. The van der Waals surface area contributed by atoms with E-state index in [0.717, 1.165) is 48.6 Å². The standard InChI is InChI=1S/C48H42N2O2.2CHF3O3S/c1-31-32(2)38-24-28-50-26-22-34(14-18-42-40-12-8-6-10-36(40)16-20-46(42)52-4)30-44(50)48(38)47-37(31)23-27-49-25-21-33(29-43(47)49)13-17-41-39-11-7-5-9-35(39)15-19-45(41)51-3;2*2-1(3,4)8(5,6)7/h5-22,25-26,29-30H,23-24,27-28H2,1-4H3;2*(H,5,6,7)/q+2;;/p-2/b17-13+,18-14+;;. The number of nitrogens with zero attached hydrogens (tertiary/aromatic N) is 2. The molecule has 0 fully saturated rings. The van der Waals surface area contributed by atoms with Crippen LogP contribution in [0.1, 0.15) is 44.5 Å². The van der Waals surface area contributed by atoms with Crippen molar-refractivity contribution >= 4 is 66.1 Å². The molecule has 0 N–H and O–H groups in total. The fourth-order valence-electron chi connectivity index (χ4n) is 8.51. The van der Waals surface area contributed by atoms with Crippen LogP contribution >= 0.6 is 0 Å². The van der Waals surface area contributed by atoms with Crippen LogP contribution < -0.4 is 18.6 Å². The van der Waals surface area contributed by atoms with Crippen LogP contribution in [-0.4, -0.2) is 51.2 Å². The Hall–Kier alpha value is -6.60. The van der Waals surface area contributed by atoms with Crippen LogP contribution in [0.3, 0.4) is 0 Å². The summed E-state index contributed by atoms with van der Waals surface area (Å²) >= 11 is 0. The predicted molar refractivity (Wildman–Crippen MR) is 245 cm³/mol. The molecule has 0 amide bonds. The molecule has 0 unspecified atom stereocenters. The molecular weight excluding hydrogens is 935 g/mol. The van der Waals surface area contributed by atoms with Crippen molar-refractivity contribution in [2.75, 3.05) is 14.2 Å². The Balaban J connectivity index is 0.000000368. The molecule has 0 spiro atoms. The van der Waals surface area contributed by atoms with Crippen LogP contribution in [-0.2, 0) is 46.2 Å². The number of benzene rings is 5. The first-order valence-corrected chi connectivity index (χ1v) is 23.6. The zero-order valence-corrected chi connectivity index (χ0v) is 38.4. The molecule has 0 bridgehead atoms. The molecule has 7 aromatic rings. The zero-order chi connectivity index (χ0) is 49.3. The van der Waals surface area contributed by atoms with E-state index in [4.69, 9.17) is 35.4 Å². The van der Waals surface area contributed by atoms with Gasteiger partial charge in [-0.3, -0.25) is 0 Å². The quantitative estimate of drug-likeness (QED) is 0.0694. The maximum absolute atomic E-state index is 10.7. The van der Waals surface area contributed by atoms with Crippen molar-refractivity contribution in [3.05, 3.63) is 154 Å². The molecular formula is C50H42F6N2O8S2. The number of fused-ring (bicyclic) bond motifs is 9. The highest BCUT2D eigenvalue weighted by atomic mass is 32.2. The van der Waals surface area contributed by atoms with Crippen molar-refractivity contribution in [3.63, 3.8) is 0 Å².